The molecule has 5 N–H and O–H groups in total. The molecule has 0 aliphatic heterocycles. The van der Waals surface area contributed by atoms with Crippen molar-refractivity contribution in [1.29, 1.82) is 0 Å². The van der Waals surface area contributed by atoms with Crippen molar-refractivity contribution in [1.82, 2.24) is 10.6 Å². The van der Waals surface area contributed by atoms with E-state index in [1.54, 1.807) is 13.8 Å². The second-order valence-electron chi connectivity index (χ2n) is 5.79. The molecule has 0 rings (SSSR count). The van der Waals surface area contributed by atoms with E-state index in [0.717, 1.165) is 0 Å². The lowest BCUT2D eigenvalue weighted by Crippen LogP contribution is -2.49. The van der Waals surface area contributed by atoms with Gasteiger partial charge in [-0.05, 0) is 12.3 Å². The zero-order valence-corrected chi connectivity index (χ0v) is 13.9. The van der Waals surface area contributed by atoms with Gasteiger partial charge in [0.25, 0.3) is 0 Å². The van der Waals surface area contributed by atoms with Gasteiger partial charge in [0.05, 0.1) is 25.6 Å². The average Bonchev–Trinajstić information content (AvgIpc) is 2.48. The fraction of sp³-hybridized carbons (Fsp3) is 0.733. The quantitative estimate of drug-likeness (QED) is 0.409. The molecule has 0 aromatic carbocycles. The molecule has 0 aliphatic rings. The maximum absolute atomic E-state index is 11.9. The lowest BCUT2D eigenvalue weighted by molar-refractivity contribution is -0.138. The molecule has 0 saturated carbocycles. The van der Waals surface area contributed by atoms with Gasteiger partial charge in [0.15, 0.2) is 5.78 Å². The van der Waals surface area contributed by atoms with Gasteiger partial charge in [-0.15, -0.1) is 0 Å². The highest BCUT2D eigenvalue weighted by Gasteiger charge is 2.26. The van der Waals surface area contributed by atoms with E-state index in [4.69, 9.17) is 10.8 Å². The van der Waals surface area contributed by atoms with E-state index in [9.17, 15) is 19.2 Å². The molecule has 2 amide bonds. The molecule has 0 bridgehead atoms. The number of amides is 2. The van der Waals surface area contributed by atoms with Crippen LogP contribution in [0, 0.1) is 11.8 Å². The number of carboxylic acid groups (broad SMARTS) is 1. The van der Waals surface area contributed by atoms with E-state index in [2.05, 4.69) is 10.6 Å². The first kappa shape index (κ1) is 21.0. The topological polar surface area (TPSA) is 139 Å². The minimum atomic E-state index is -1.02. The number of hydrogen-bond donors (Lipinski definition) is 4. The lowest BCUT2D eigenvalue weighted by Gasteiger charge is -2.21. The van der Waals surface area contributed by atoms with Crippen molar-refractivity contribution in [2.45, 2.75) is 46.1 Å². The number of hydrogen-bond acceptors (Lipinski definition) is 5. The van der Waals surface area contributed by atoms with Crippen LogP contribution in [0.4, 0.5) is 0 Å². The maximum atomic E-state index is 11.9. The molecular weight excluding hydrogens is 302 g/mol. The number of nitrogens with one attached hydrogen (secondary N) is 2. The van der Waals surface area contributed by atoms with E-state index in [0.29, 0.717) is 12.8 Å². The van der Waals surface area contributed by atoms with Crippen LogP contribution in [0.1, 0.15) is 40.0 Å². The Balaban J connectivity index is 4.32. The van der Waals surface area contributed by atoms with Crippen LogP contribution in [-0.2, 0) is 19.2 Å². The first-order valence-electron chi connectivity index (χ1n) is 7.73. The van der Waals surface area contributed by atoms with Crippen LogP contribution in [0.15, 0.2) is 0 Å². The standard InChI is InChI=1S/C15H27N3O5/c1-4-5-10(6-13(21)22)14(16)15(23)18-8-12(20)17-7-11(19)9(2)3/h9-10,14H,4-8,16H2,1-3H3,(H,17,20)(H,18,23)(H,21,22). The predicted molar refractivity (Wildman–Crippen MR) is 84.5 cm³/mol. The Morgan fingerprint density at radius 1 is 1.09 bits per heavy atom. The molecule has 8 heteroatoms. The highest BCUT2D eigenvalue weighted by molar-refractivity contribution is 5.90. The molecule has 2 unspecified atom stereocenters. The Morgan fingerprint density at radius 2 is 1.70 bits per heavy atom. The first-order valence-corrected chi connectivity index (χ1v) is 7.73. The van der Waals surface area contributed by atoms with Crippen LogP contribution in [0.2, 0.25) is 0 Å². The number of carboxylic acids is 1. The van der Waals surface area contributed by atoms with Crippen LogP contribution in [0.5, 0.6) is 0 Å². The minimum absolute atomic E-state index is 0.0874. The maximum Gasteiger partial charge on any atom is 0.303 e. The number of carbonyl (C=O) groups excluding carboxylic acids is 3. The molecule has 0 spiro atoms. The van der Waals surface area contributed by atoms with Gasteiger partial charge in [-0.25, -0.2) is 0 Å². The SMILES string of the molecule is CCCC(CC(=O)O)C(N)C(=O)NCC(=O)NCC(=O)C(C)C. The van der Waals surface area contributed by atoms with Gasteiger partial charge in [0, 0.05) is 5.92 Å². The number of carbonyl (C=O) groups is 4. The number of nitrogens with two attached hydrogens (primary N) is 1. The molecule has 2 atom stereocenters. The summed E-state index contributed by atoms with van der Waals surface area (Å²) in [6.07, 6.45) is 1.02. The van der Waals surface area contributed by atoms with E-state index in [1.165, 1.54) is 0 Å². The molecule has 0 aromatic rings. The Bertz CT molecular complexity index is 437. The van der Waals surface area contributed by atoms with Gasteiger partial charge in [-0.1, -0.05) is 27.2 Å². The molecule has 0 radical (unpaired) electrons. The zero-order chi connectivity index (χ0) is 18.0. The number of rotatable bonds is 11. The third kappa shape index (κ3) is 8.92. The molecule has 0 aromatic heterocycles. The van der Waals surface area contributed by atoms with Crippen molar-refractivity contribution >= 4 is 23.6 Å². The third-order valence-electron chi connectivity index (χ3n) is 3.43. The summed E-state index contributed by atoms with van der Waals surface area (Å²) >= 11 is 0. The summed E-state index contributed by atoms with van der Waals surface area (Å²) in [5.74, 6) is -2.85. The minimum Gasteiger partial charge on any atom is -0.481 e. The van der Waals surface area contributed by atoms with Crippen molar-refractivity contribution in [2.75, 3.05) is 13.1 Å². The lowest BCUT2D eigenvalue weighted by atomic mass is 9.91. The highest BCUT2D eigenvalue weighted by atomic mass is 16.4. The summed E-state index contributed by atoms with van der Waals surface area (Å²) in [6.45, 7) is 4.94. The summed E-state index contributed by atoms with van der Waals surface area (Å²) in [5.41, 5.74) is 5.78. The van der Waals surface area contributed by atoms with Crippen LogP contribution in [-0.4, -0.2) is 47.8 Å². The van der Waals surface area contributed by atoms with Crippen molar-refractivity contribution in [2.24, 2.45) is 17.6 Å². The fourth-order valence-corrected chi connectivity index (χ4v) is 1.96. The van der Waals surface area contributed by atoms with Gasteiger partial charge in [0.2, 0.25) is 11.8 Å². The van der Waals surface area contributed by atoms with Crippen molar-refractivity contribution in [3.63, 3.8) is 0 Å². The van der Waals surface area contributed by atoms with E-state index in [1.807, 2.05) is 6.92 Å². The van der Waals surface area contributed by atoms with E-state index in [-0.39, 0.29) is 31.2 Å². The molecule has 0 saturated heterocycles. The summed E-state index contributed by atoms with van der Waals surface area (Å²) < 4.78 is 0. The van der Waals surface area contributed by atoms with Crippen LogP contribution < -0.4 is 16.4 Å². The van der Waals surface area contributed by atoms with Gasteiger partial charge < -0.3 is 21.5 Å². The van der Waals surface area contributed by atoms with Crippen LogP contribution >= 0.6 is 0 Å². The Kier molecular flexibility index (Phi) is 9.80. The normalized spacial score (nSPS) is 13.3. The van der Waals surface area contributed by atoms with E-state index >= 15 is 0 Å². The predicted octanol–water partition coefficient (Wildman–Crippen LogP) is -0.338. The average molecular weight is 329 g/mol. The van der Waals surface area contributed by atoms with Crippen LogP contribution in [0.3, 0.4) is 0 Å². The van der Waals surface area contributed by atoms with Gasteiger partial charge in [-0.2, -0.15) is 0 Å². The molecule has 0 aliphatic carbocycles. The molecular formula is C15H27N3O5. The van der Waals surface area contributed by atoms with Gasteiger partial charge >= 0.3 is 5.97 Å². The second kappa shape index (κ2) is 10.7. The summed E-state index contributed by atoms with van der Waals surface area (Å²) in [7, 11) is 0. The van der Waals surface area contributed by atoms with Crippen molar-refractivity contribution in [3.05, 3.63) is 0 Å². The number of Topliss-reactive ketones (excluding diaryl/α,β-unsaturated/α-hetero) is 1. The zero-order valence-electron chi connectivity index (χ0n) is 13.9. The van der Waals surface area contributed by atoms with E-state index < -0.39 is 29.7 Å². The Hall–Kier alpha value is -1.96. The van der Waals surface area contributed by atoms with Crippen LogP contribution in [0.25, 0.3) is 0 Å². The second-order valence-corrected chi connectivity index (χ2v) is 5.79. The highest BCUT2D eigenvalue weighted by Crippen LogP contribution is 2.15. The van der Waals surface area contributed by atoms with Crippen molar-refractivity contribution in [3.8, 4) is 0 Å². The molecule has 8 nitrogen and oxygen atoms in total. The molecule has 132 valence electrons. The largest absolute Gasteiger partial charge is 0.481 e. The molecule has 23 heavy (non-hydrogen) atoms. The third-order valence-corrected chi connectivity index (χ3v) is 3.43. The van der Waals surface area contributed by atoms with Gasteiger partial charge in [-0.3, -0.25) is 19.2 Å². The first-order chi connectivity index (χ1) is 10.7. The monoisotopic (exact) mass is 329 g/mol. The number of aliphatic carboxylic acids is 1. The molecule has 0 fully saturated rings. The Labute approximate surface area is 136 Å². The summed E-state index contributed by atoms with van der Waals surface area (Å²) in [6, 6.07) is -0.990. The summed E-state index contributed by atoms with van der Waals surface area (Å²) in [4.78, 5) is 45.7. The number of ketones is 1. The van der Waals surface area contributed by atoms with Crippen molar-refractivity contribution < 1.29 is 24.3 Å². The Morgan fingerprint density at radius 3 is 2.17 bits per heavy atom. The smallest absolute Gasteiger partial charge is 0.303 e. The molecule has 0 heterocycles. The fourth-order valence-electron chi connectivity index (χ4n) is 1.96. The van der Waals surface area contributed by atoms with Gasteiger partial charge in [0.1, 0.15) is 0 Å². The summed E-state index contributed by atoms with van der Waals surface area (Å²) in [5, 5.41) is 13.6.